The second kappa shape index (κ2) is 5.06. The fourth-order valence-corrected chi connectivity index (χ4v) is 1.72. The number of halogens is 1. The molecule has 0 aliphatic rings. The highest BCUT2D eigenvalue weighted by molar-refractivity contribution is 6.05. The molecule has 1 heterocycles. The zero-order valence-electron chi connectivity index (χ0n) is 10.6. The Bertz CT molecular complexity index is 641. The first-order valence-corrected chi connectivity index (χ1v) is 5.71. The van der Waals surface area contributed by atoms with Gasteiger partial charge in [0.1, 0.15) is 11.6 Å². The molecule has 0 fully saturated rings. The van der Waals surface area contributed by atoms with Crippen molar-refractivity contribution < 1.29 is 14.3 Å². The molecule has 4 nitrogen and oxygen atoms in total. The number of nitrogens with one attached hydrogen (secondary N) is 1. The quantitative estimate of drug-likeness (QED) is 0.816. The predicted molar refractivity (Wildman–Crippen MR) is 69.7 cm³/mol. The van der Waals surface area contributed by atoms with E-state index in [0.29, 0.717) is 11.3 Å². The van der Waals surface area contributed by atoms with E-state index in [0.717, 1.165) is 11.8 Å². The first-order chi connectivity index (χ1) is 8.97. The summed E-state index contributed by atoms with van der Waals surface area (Å²) in [6, 6.07) is 6.91. The van der Waals surface area contributed by atoms with Crippen LogP contribution in [0.3, 0.4) is 0 Å². The molecule has 1 aromatic heterocycles. The number of carbonyl (C=O) groups is 1. The van der Waals surface area contributed by atoms with Crippen molar-refractivity contribution in [2.45, 2.75) is 13.8 Å². The third-order valence-electron chi connectivity index (χ3n) is 2.67. The van der Waals surface area contributed by atoms with E-state index in [1.807, 2.05) is 6.92 Å². The van der Waals surface area contributed by atoms with Crippen molar-refractivity contribution >= 4 is 11.6 Å². The second-order valence-corrected chi connectivity index (χ2v) is 4.20. The molecule has 0 aliphatic heterocycles. The molecule has 1 aromatic carbocycles. The predicted octanol–water partition coefficient (Wildman–Crippen LogP) is 2.80. The Morgan fingerprint density at radius 1 is 1.26 bits per heavy atom. The van der Waals surface area contributed by atoms with Crippen molar-refractivity contribution in [2.24, 2.45) is 0 Å². The van der Waals surface area contributed by atoms with Crippen molar-refractivity contribution in [2.75, 3.05) is 5.32 Å². The van der Waals surface area contributed by atoms with Gasteiger partial charge in [0, 0.05) is 11.8 Å². The maximum absolute atomic E-state index is 13.5. The number of benzene rings is 1. The number of aromatic nitrogens is 1. The van der Waals surface area contributed by atoms with Gasteiger partial charge in [0.25, 0.3) is 5.91 Å². The maximum Gasteiger partial charge on any atom is 0.257 e. The van der Waals surface area contributed by atoms with Gasteiger partial charge in [0.15, 0.2) is 0 Å². The van der Waals surface area contributed by atoms with Crippen LogP contribution >= 0.6 is 0 Å². The molecule has 0 saturated heterocycles. The molecule has 2 aromatic rings. The summed E-state index contributed by atoms with van der Waals surface area (Å²) in [7, 11) is 0. The van der Waals surface area contributed by atoms with E-state index in [1.54, 1.807) is 19.1 Å². The van der Waals surface area contributed by atoms with Crippen molar-refractivity contribution in [1.29, 1.82) is 0 Å². The Labute approximate surface area is 109 Å². The minimum absolute atomic E-state index is 0.0165. The lowest BCUT2D eigenvalue weighted by Gasteiger charge is -2.08. The molecule has 5 heteroatoms. The van der Waals surface area contributed by atoms with Crippen molar-refractivity contribution in [1.82, 2.24) is 4.98 Å². The van der Waals surface area contributed by atoms with Crippen molar-refractivity contribution in [3.63, 3.8) is 0 Å². The van der Waals surface area contributed by atoms with Crippen LogP contribution < -0.4 is 5.32 Å². The Balaban J connectivity index is 2.25. The lowest BCUT2D eigenvalue weighted by atomic mass is 10.1. The lowest BCUT2D eigenvalue weighted by Crippen LogP contribution is -2.15. The first kappa shape index (κ1) is 13.0. The van der Waals surface area contributed by atoms with Gasteiger partial charge in [-0.3, -0.25) is 9.78 Å². The summed E-state index contributed by atoms with van der Waals surface area (Å²) in [6.07, 6.45) is 0. The minimum atomic E-state index is -0.689. The molecule has 0 aliphatic carbocycles. The monoisotopic (exact) mass is 260 g/mol. The SMILES string of the molecule is Cc1ccc(C(=O)Nc2ccc(O)cc2F)c(C)n1. The van der Waals surface area contributed by atoms with E-state index in [9.17, 15) is 9.18 Å². The Morgan fingerprint density at radius 2 is 2.00 bits per heavy atom. The zero-order valence-corrected chi connectivity index (χ0v) is 10.6. The van der Waals surface area contributed by atoms with Crippen LogP contribution in [0.1, 0.15) is 21.7 Å². The lowest BCUT2D eigenvalue weighted by molar-refractivity contribution is 0.102. The molecular formula is C14H13FN2O2. The molecule has 0 atom stereocenters. The van der Waals surface area contributed by atoms with E-state index in [2.05, 4.69) is 10.3 Å². The van der Waals surface area contributed by atoms with Crippen molar-refractivity contribution in [3.05, 3.63) is 53.1 Å². The molecule has 0 saturated carbocycles. The number of phenols is 1. The largest absolute Gasteiger partial charge is 0.508 e. The molecule has 0 radical (unpaired) electrons. The third kappa shape index (κ3) is 2.88. The van der Waals surface area contributed by atoms with Gasteiger partial charge in [-0.05, 0) is 38.1 Å². The molecule has 98 valence electrons. The summed E-state index contributed by atoms with van der Waals surface area (Å²) >= 11 is 0. The normalized spacial score (nSPS) is 10.3. The molecule has 19 heavy (non-hydrogen) atoms. The molecule has 0 spiro atoms. The van der Waals surface area contributed by atoms with Gasteiger partial charge in [-0.15, -0.1) is 0 Å². The molecule has 1 amide bonds. The topological polar surface area (TPSA) is 62.2 Å². The summed E-state index contributed by atoms with van der Waals surface area (Å²) in [4.78, 5) is 16.2. The number of carbonyl (C=O) groups excluding carboxylic acids is 1. The van der Waals surface area contributed by atoms with E-state index in [-0.39, 0.29) is 11.4 Å². The number of nitrogens with zero attached hydrogens (tertiary/aromatic N) is 1. The Morgan fingerprint density at radius 3 is 2.63 bits per heavy atom. The van der Waals surface area contributed by atoms with Gasteiger partial charge in [-0.1, -0.05) is 0 Å². The second-order valence-electron chi connectivity index (χ2n) is 4.20. The highest BCUT2D eigenvalue weighted by Crippen LogP contribution is 2.20. The minimum Gasteiger partial charge on any atom is -0.508 e. The van der Waals surface area contributed by atoms with Crippen molar-refractivity contribution in [3.8, 4) is 5.75 Å². The molecule has 2 N–H and O–H groups in total. The molecular weight excluding hydrogens is 247 g/mol. The standard InChI is InChI=1S/C14H13FN2O2/c1-8-3-5-11(9(2)16-8)14(19)17-13-6-4-10(18)7-12(13)15/h3-7,18H,1-2H3,(H,17,19). The van der Waals surface area contributed by atoms with E-state index >= 15 is 0 Å². The fourth-order valence-electron chi connectivity index (χ4n) is 1.72. The number of rotatable bonds is 2. The Hall–Kier alpha value is -2.43. The van der Waals surface area contributed by atoms with E-state index in [4.69, 9.17) is 5.11 Å². The van der Waals surface area contributed by atoms with E-state index in [1.165, 1.54) is 12.1 Å². The molecule has 2 rings (SSSR count). The smallest absolute Gasteiger partial charge is 0.257 e. The molecule has 0 unspecified atom stereocenters. The van der Waals surface area contributed by atoms with Crippen LogP contribution in [0.5, 0.6) is 5.75 Å². The first-order valence-electron chi connectivity index (χ1n) is 5.71. The van der Waals surface area contributed by atoms with Crippen LogP contribution in [-0.4, -0.2) is 16.0 Å². The third-order valence-corrected chi connectivity index (χ3v) is 2.67. The van der Waals surface area contributed by atoms with Gasteiger partial charge < -0.3 is 10.4 Å². The summed E-state index contributed by atoms with van der Waals surface area (Å²) < 4.78 is 13.5. The van der Waals surface area contributed by atoms with Crippen LogP contribution in [0.15, 0.2) is 30.3 Å². The van der Waals surface area contributed by atoms with Gasteiger partial charge >= 0.3 is 0 Å². The van der Waals surface area contributed by atoms with Crippen LogP contribution in [0.2, 0.25) is 0 Å². The molecule has 0 bridgehead atoms. The number of hydrogen-bond donors (Lipinski definition) is 2. The number of amides is 1. The summed E-state index contributed by atoms with van der Waals surface area (Å²) in [5, 5.41) is 11.5. The van der Waals surface area contributed by atoms with Crippen LogP contribution in [-0.2, 0) is 0 Å². The highest BCUT2D eigenvalue weighted by Gasteiger charge is 2.12. The number of phenolic OH excluding ortho intramolecular Hbond substituents is 1. The average Bonchev–Trinajstić information content (AvgIpc) is 2.32. The van der Waals surface area contributed by atoms with Crippen LogP contribution in [0, 0.1) is 19.7 Å². The highest BCUT2D eigenvalue weighted by atomic mass is 19.1. The summed E-state index contributed by atoms with van der Waals surface area (Å²) in [5.41, 5.74) is 1.79. The number of anilines is 1. The average molecular weight is 260 g/mol. The summed E-state index contributed by atoms with van der Waals surface area (Å²) in [5.74, 6) is -1.32. The summed E-state index contributed by atoms with van der Waals surface area (Å²) in [6.45, 7) is 3.55. The van der Waals surface area contributed by atoms with Crippen LogP contribution in [0.25, 0.3) is 0 Å². The fraction of sp³-hybridized carbons (Fsp3) is 0.143. The van der Waals surface area contributed by atoms with Gasteiger partial charge in [-0.25, -0.2) is 4.39 Å². The van der Waals surface area contributed by atoms with Gasteiger partial charge in [0.05, 0.1) is 16.9 Å². The number of hydrogen-bond acceptors (Lipinski definition) is 3. The number of aromatic hydroxyl groups is 1. The number of pyridine rings is 1. The zero-order chi connectivity index (χ0) is 14.0. The Kier molecular flexibility index (Phi) is 3.46. The number of aryl methyl sites for hydroxylation is 2. The van der Waals surface area contributed by atoms with Crippen LogP contribution in [0.4, 0.5) is 10.1 Å². The van der Waals surface area contributed by atoms with Gasteiger partial charge in [0.2, 0.25) is 0 Å². The maximum atomic E-state index is 13.5. The van der Waals surface area contributed by atoms with Gasteiger partial charge in [-0.2, -0.15) is 0 Å². The van der Waals surface area contributed by atoms with E-state index < -0.39 is 11.7 Å².